The van der Waals surface area contributed by atoms with Gasteiger partial charge in [0.25, 0.3) is 0 Å². The number of carbonyl (C=O) groups is 1. The van der Waals surface area contributed by atoms with Gasteiger partial charge in [-0.05, 0) is 33.3 Å². The van der Waals surface area contributed by atoms with Gasteiger partial charge in [-0.1, -0.05) is 44.2 Å². The Labute approximate surface area is 134 Å². The van der Waals surface area contributed by atoms with Crippen LogP contribution in [0.3, 0.4) is 0 Å². The number of rotatable bonds is 6. The molecule has 1 rings (SSSR count). The van der Waals surface area contributed by atoms with Crippen molar-refractivity contribution in [3.8, 4) is 0 Å². The molecule has 4 heteroatoms. The van der Waals surface area contributed by atoms with E-state index in [1.165, 1.54) is 5.56 Å². The Morgan fingerprint density at radius 1 is 1.18 bits per heavy atom. The van der Waals surface area contributed by atoms with E-state index < -0.39 is 6.10 Å². The molecule has 0 saturated heterocycles. The molecule has 2 N–H and O–H groups in total. The van der Waals surface area contributed by atoms with Crippen LogP contribution in [0.2, 0.25) is 0 Å². The first-order chi connectivity index (χ1) is 10.2. The van der Waals surface area contributed by atoms with Crippen molar-refractivity contribution < 1.29 is 9.90 Å². The molecule has 124 valence electrons. The normalized spacial score (nSPS) is 14.5. The number of hydrogen-bond acceptors (Lipinski definition) is 2. The summed E-state index contributed by atoms with van der Waals surface area (Å²) in [6.07, 6.45) is -0.536. The van der Waals surface area contributed by atoms with Crippen LogP contribution in [0, 0.1) is 0 Å². The van der Waals surface area contributed by atoms with Gasteiger partial charge in [0.05, 0.1) is 6.10 Å². The smallest absolute Gasteiger partial charge is 0.317 e. The lowest BCUT2D eigenvalue weighted by atomic mass is 9.78. The first-order valence-electron chi connectivity index (χ1n) is 7.97. The van der Waals surface area contributed by atoms with Crippen molar-refractivity contribution in [2.24, 2.45) is 0 Å². The van der Waals surface area contributed by atoms with Gasteiger partial charge in [0, 0.05) is 24.0 Å². The quantitative estimate of drug-likeness (QED) is 0.848. The van der Waals surface area contributed by atoms with Crippen molar-refractivity contribution in [2.75, 3.05) is 6.54 Å². The Bertz CT molecular complexity index is 469. The summed E-state index contributed by atoms with van der Waals surface area (Å²) in [4.78, 5) is 14.2. The number of nitrogens with one attached hydrogen (secondary N) is 1. The van der Waals surface area contributed by atoms with Crippen LogP contribution in [-0.4, -0.2) is 40.8 Å². The van der Waals surface area contributed by atoms with Gasteiger partial charge in [0.1, 0.15) is 0 Å². The molecule has 22 heavy (non-hydrogen) atoms. The average molecular weight is 306 g/mol. The van der Waals surface area contributed by atoms with E-state index in [9.17, 15) is 9.90 Å². The summed E-state index contributed by atoms with van der Waals surface area (Å²) in [7, 11) is 0. The highest BCUT2D eigenvalue weighted by Crippen LogP contribution is 2.27. The number of amides is 2. The van der Waals surface area contributed by atoms with Gasteiger partial charge in [-0.25, -0.2) is 4.79 Å². The van der Waals surface area contributed by atoms with Crippen LogP contribution in [0.25, 0.3) is 0 Å². The minimum Gasteiger partial charge on any atom is -0.392 e. The third kappa shape index (κ3) is 4.73. The minimum atomic E-state index is -0.536. The molecule has 0 heterocycles. The molecule has 0 bridgehead atoms. The Kier molecular flexibility index (Phi) is 6.42. The Hall–Kier alpha value is -1.55. The molecule has 0 radical (unpaired) electrons. The Morgan fingerprint density at radius 3 is 2.18 bits per heavy atom. The van der Waals surface area contributed by atoms with Gasteiger partial charge in [-0.3, -0.25) is 0 Å². The summed E-state index contributed by atoms with van der Waals surface area (Å²) in [5.74, 6) is 0. The van der Waals surface area contributed by atoms with Crippen LogP contribution in [0.5, 0.6) is 0 Å². The second kappa shape index (κ2) is 7.63. The zero-order valence-corrected chi connectivity index (χ0v) is 14.6. The zero-order valence-electron chi connectivity index (χ0n) is 14.6. The number of hydrogen-bond donors (Lipinski definition) is 2. The van der Waals surface area contributed by atoms with E-state index in [1.54, 1.807) is 11.8 Å². The molecule has 0 spiro atoms. The molecule has 0 saturated carbocycles. The lowest BCUT2D eigenvalue weighted by molar-refractivity contribution is 0.116. The SMILES string of the molecule is CC(O)CN(C(=O)NC(C)C(C)(C)c1ccccc1)C(C)C. The summed E-state index contributed by atoms with van der Waals surface area (Å²) in [6.45, 7) is 12.2. The average Bonchev–Trinajstić information content (AvgIpc) is 2.44. The summed E-state index contributed by atoms with van der Waals surface area (Å²) in [6, 6.07) is 10.1. The van der Waals surface area contributed by atoms with Gasteiger partial charge in [0.2, 0.25) is 0 Å². The number of aliphatic hydroxyl groups excluding tert-OH is 1. The number of nitrogens with zero attached hydrogens (tertiary/aromatic N) is 1. The maximum absolute atomic E-state index is 12.5. The van der Waals surface area contributed by atoms with Crippen molar-refractivity contribution in [3.05, 3.63) is 35.9 Å². The molecule has 0 aliphatic carbocycles. The fourth-order valence-electron chi connectivity index (χ4n) is 2.38. The van der Waals surface area contributed by atoms with Gasteiger partial charge in [0.15, 0.2) is 0 Å². The fraction of sp³-hybridized carbons (Fsp3) is 0.611. The fourth-order valence-corrected chi connectivity index (χ4v) is 2.38. The highest BCUT2D eigenvalue weighted by atomic mass is 16.3. The van der Waals surface area contributed by atoms with E-state index in [4.69, 9.17) is 0 Å². The van der Waals surface area contributed by atoms with Gasteiger partial charge < -0.3 is 15.3 Å². The highest BCUT2D eigenvalue weighted by Gasteiger charge is 2.30. The molecule has 1 aromatic carbocycles. The van der Waals surface area contributed by atoms with E-state index in [1.807, 2.05) is 39.0 Å². The van der Waals surface area contributed by atoms with E-state index in [2.05, 4.69) is 31.3 Å². The van der Waals surface area contributed by atoms with Crippen LogP contribution in [-0.2, 0) is 5.41 Å². The van der Waals surface area contributed by atoms with Gasteiger partial charge >= 0.3 is 6.03 Å². The van der Waals surface area contributed by atoms with E-state index >= 15 is 0 Å². The highest BCUT2D eigenvalue weighted by molar-refractivity contribution is 5.75. The first-order valence-corrected chi connectivity index (χ1v) is 7.97. The summed E-state index contributed by atoms with van der Waals surface area (Å²) in [5.41, 5.74) is 1.01. The standard InChI is InChI=1S/C18H30N2O2/c1-13(2)20(12-14(3)21)17(22)19-15(4)18(5,6)16-10-8-7-9-11-16/h7-11,13-15,21H,12H2,1-6H3,(H,19,22). The molecule has 2 amide bonds. The third-order valence-corrected chi connectivity index (χ3v) is 4.29. The molecular formula is C18H30N2O2. The van der Waals surface area contributed by atoms with Crippen molar-refractivity contribution in [2.45, 2.75) is 65.1 Å². The zero-order chi connectivity index (χ0) is 16.9. The van der Waals surface area contributed by atoms with Crippen LogP contribution < -0.4 is 5.32 Å². The van der Waals surface area contributed by atoms with Crippen molar-refractivity contribution in [1.82, 2.24) is 10.2 Å². The third-order valence-electron chi connectivity index (χ3n) is 4.29. The number of urea groups is 1. The van der Waals surface area contributed by atoms with E-state index in [-0.39, 0.29) is 23.5 Å². The minimum absolute atomic E-state index is 0.0300. The van der Waals surface area contributed by atoms with Crippen LogP contribution >= 0.6 is 0 Å². The van der Waals surface area contributed by atoms with Gasteiger partial charge in [-0.2, -0.15) is 0 Å². The van der Waals surface area contributed by atoms with Crippen LogP contribution in [0.15, 0.2) is 30.3 Å². The lowest BCUT2D eigenvalue weighted by Crippen LogP contribution is -2.53. The van der Waals surface area contributed by atoms with Crippen molar-refractivity contribution in [3.63, 3.8) is 0 Å². The second-order valence-corrected chi connectivity index (χ2v) is 6.85. The number of carbonyl (C=O) groups excluding carboxylic acids is 1. The van der Waals surface area contributed by atoms with E-state index in [0.717, 1.165) is 0 Å². The van der Waals surface area contributed by atoms with E-state index in [0.29, 0.717) is 6.54 Å². The number of aliphatic hydroxyl groups is 1. The first kappa shape index (κ1) is 18.5. The molecule has 2 atom stereocenters. The molecule has 0 fully saturated rings. The Balaban J connectivity index is 2.81. The molecule has 2 unspecified atom stereocenters. The largest absolute Gasteiger partial charge is 0.392 e. The summed E-state index contributed by atoms with van der Waals surface area (Å²) in [5, 5.41) is 12.7. The monoisotopic (exact) mass is 306 g/mol. The molecule has 0 aliphatic rings. The summed E-state index contributed by atoms with van der Waals surface area (Å²) < 4.78 is 0. The number of benzene rings is 1. The summed E-state index contributed by atoms with van der Waals surface area (Å²) >= 11 is 0. The second-order valence-electron chi connectivity index (χ2n) is 6.85. The lowest BCUT2D eigenvalue weighted by Gasteiger charge is -2.36. The maximum Gasteiger partial charge on any atom is 0.317 e. The predicted molar refractivity (Wildman–Crippen MR) is 91.0 cm³/mol. The predicted octanol–water partition coefficient (Wildman–Crippen LogP) is 3.15. The molecule has 0 aromatic heterocycles. The molecule has 4 nitrogen and oxygen atoms in total. The maximum atomic E-state index is 12.5. The topological polar surface area (TPSA) is 52.6 Å². The Morgan fingerprint density at radius 2 is 1.73 bits per heavy atom. The molecule has 1 aromatic rings. The van der Waals surface area contributed by atoms with Crippen LogP contribution in [0.1, 0.15) is 47.1 Å². The van der Waals surface area contributed by atoms with Crippen molar-refractivity contribution >= 4 is 6.03 Å². The van der Waals surface area contributed by atoms with Gasteiger partial charge in [-0.15, -0.1) is 0 Å². The molecule has 0 aliphatic heterocycles. The van der Waals surface area contributed by atoms with Crippen LogP contribution in [0.4, 0.5) is 4.79 Å². The van der Waals surface area contributed by atoms with Crippen molar-refractivity contribution in [1.29, 1.82) is 0 Å². The molecular weight excluding hydrogens is 276 g/mol.